The monoisotopic (exact) mass is 383 g/mol. The molecule has 0 aliphatic rings. The first-order valence-electron chi connectivity index (χ1n) is 8.89. The Morgan fingerprint density at radius 3 is 2.55 bits per heavy atom. The fraction of sp³-hybridized carbons (Fsp3) is 0.0909. The van der Waals surface area contributed by atoms with E-state index in [1.807, 2.05) is 37.3 Å². The summed E-state index contributed by atoms with van der Waals surface area (Å²) in [6.07, 6.45) is 1.74. The maximum atomic E-state index is 8.93. The minimum atomic E-state index is 0.325. The van der Waals surface area contributed by atoms with E-state index in [9.17, 15) is 0 Å². The maximum Gasteiger partial charge on any atom is 0.233 e. The Morgan fingerprint density at radius 2 is 1.79 bits per heavy atom. The number of nitrogens with one attached hydrogen (secondary N) is 1. The molecule has 0 spiro atoms. The summed E-state index contributed by atoms with van der Waals surface area (Å²) in [5, 5.41) is 13.1. The van der Waals surface area contributed by atoms with Crippen LogP contribution in [0.5, 0.6) is 17.5 Å². The Labute approximate surface area is 167 Å². The third kappa shape index (κ3) is 3.92. The third-order valence-corrected chi connectivity index (χ3v) is 4.31. The topological polar surface area (TPSA) is 93.0 Å². The van der Waals surface area contributed by atoms with E-state index in [1.165, 1.54) is 0 Å². The SMILES string of the molecule is COc1nc(Nc2ccc(C#N)cc2)nc(Oc2ccc3cccnc3c2)c1C. The van der Waals surface area contributed by atoms with E-state index in [0.29, 0.717) is 34.6 Å². The van der Waals surface area contributed by atoms with Gasteiger partial charge < -0.3 is 14.8 Å². The number of nitrogens with zero attached hydrogens (tertiary/aromatic N) is 4. The lowest BCUT2D eigenvalue weighted by Crippen LogP contribution is -2.03. The standard InChI is InChI=1S/C22H17N5O2/c1-14-20(28-2)26-22(25-17-8-5-15(13-23)6-9-17)27-21(14)29-18-10-7-16-4-3-11-24-19(16)12-18/h3-12H,1-2H3,(H,25,26,27). The molecule has 0 radical (unpaired) electrons. The van der Waals surface area contributed by atoms with Crippen molar-refractivity contribution in [3.8, 4) is 23.6 Å². The minimum Gasteiger partial charge on any atom is -0.481 e. The van der Waals surface area contributed by atoms with Crippen molar-refractivity contribution in [3.63, 3.8) is 0 Å². The number of anilines is 2. The van der Waals surface area contributed by atoms with E-state index in [2.05, 4.69) is 26.3 Å². The van der Waals surface area contributed by atoms with Gasteiger partial charge in [0.15, 0.2) is 0 Å². The van der Waals surface area contributed by atoms with Gasteiger partial charge in [-0.2, -0.15) is 15.2 Å². The van der Waals surface area contributed by atoms with Crippen molar-refractivity contribution in [2.24, 2.45) is 0 Å². The molecule has 142 valence electrons. The number of hydrogen-bond donors (Lipinski definition) is 1. The van der Waals surface area contributed by atoms with Crippen LogP contribution in [0, 0.1) is 18.3 Å². The molecule has 0 fully saturated rings. The summed E-state index contributed by atoms with van der Waals surface area (Å²) in [4.78, 5) is 13.2. The number of benzene rings is 2. The summed E-state index contributed by atoms with van der Waals surface area (Å²) >= 11 is 0. The van der Waals surface area contributed by atoms with Crippen molar-refractivity contribution in [3.05, 3.63) is 71.9 Å². The van der Waals surface area contributed by atoms with Crippen LogP contribution in [-0.2, 0) is 0 Å². The Balaban J connectivity index is 1.66. The predicted octanol–water partition coefficient (Wildman–Crippen LogP) is 4.75. The Hall–Kier alpha value is -4.18. The largest absolute Gasteiger partial charge is 0.481 e. The summed E-state index contributed by atoms with van der Waals surface area (Å²) < 4.78 is 11.4. The number of hydrogen-bond acceptors (Lipinski definition) is 7. The Morgan fingerprint density at radius 1 is 1.00 bits per heavy atom. The molecule has 0 saturated carbocycles. The first-order valence-corrected chi connectivity index (χ1v) is 8.89. The van der Waals surface area contributed by atoms with Gasteiger partial charge in [-0.25, -0.2) is 0 Å². The molecule has 0 atom stereocenters. The van der Waals surface area contributed by atoms with Crippen LogP contribution < -0.4 is 14.8 Å². The van der Waals surface area contributed by atoms with Crippen LogP contribution in [0.3, 0.4) is 0 Å². The highest BCUT2D eigenvalue weighted by atomic mass is 16.5. The van der Waals surface area contributed by atoms with Crippen molar-refractivity contribution < 1.29 is 9.47 Å². The van der Waals surface area contributed by atoms with Crippen LogP contribution >= 0.6 is 0 Å². The molecular weight excluding hydrogens is 366 g/mol. The van der Waals surface area contributed by atoms with Crippen LogP contribution in [0.15, 0.2) is 60.8 Å². The van der Waals surface area contributed by atoms with Gasteiger partial charge in [0.05, 0.1) is 29.8 Å². The lowest BCUT2D eigenvalue weighted by Gasteiger charge is -2.13. The molecule has 2 heterocycles. The Bertz CT molecular complexity index is 1220. The molecule has 7 nitrogen and oxygen atoms in total. The van der Waals surface area contributed by atoms with Crippen LogP contribution in [-0.4, -0.2) is 22.1 Å². The minimum absolute atomic E-state index is 0.325. The van der Waals surface area contributed by atoms with Crippen LogP contribution in [0.2, 0.25) is 0 Å². The number of fused-ring (bicyclic) bond motifs is 1. The molecule has 29 heavy (non-hydrogen) atoms. The second kappa shape index (κ2) is 7.82. The summed E-state index contributed by atoms with van der Waals surface area (Å²) in [5.41, 5.74) is 2.83. The average molecular weight is 383 g/mol. The van der Waals surface area contributed by atoms with Crippen LogP contribution in [0.25, 0.3) is 10.9 Å². The van der Waals surface area contributed by atoms with Gasteiger partial charge in [-0.1, -0.05) is 6.07 Å². The van der Waals surface area contributed by atoms with Gasteiger partial charge in [0, 0.05) is 23.3 Å². The zero-order chi connectivity index (χ0) is 20.2. The van der Waals surface area contributed by atoms with Crippen molar-refractivity contribution in [2.45, 2.75) is 6.92 Å². The second-order valence-electron chi connectivity index (χ2n) is 6.26. The summed E-state index contributed by atoms with van der Waals surface area (Å²) in [5.74, 6) is 1.73. The molecule has 1 N–H and O–H groups in total. The third-order valence-electron chi connectivity index (χ3n) is 4.31. The first kappa shape index (κ1) is 18.2. The lowest BCUT2D eigenvalue weighted by atomic mass is 10.2. The van der Waals surface area contributed by atoms with Crippen LogP contribution in [0.1, 0.15) is 11.1 Å². The smallest absolute Gasteiger partial charge is 0.233 e. The molecule has 4 rings (SSSR count). The summed E-state index contributed by atoms with van der Waals surface area (Å²) in [6, 6.07) is 18.6. The highest BCUT2D eigenvalue weighted by molar-refractivity contribution is 5.79. The molecule has 0 bridgehead atoms. The molecule has 4 aromatic rings. The Kier molecular flexibility index (Phi) is 4.91. The highest BCUT2D eigenvalue weighted by Gasteiger charge is 2.14. The van der Waals surface area contributed by atoms with E-state index in [0.717, 1.165) is 16.6 Å². The van der Waals surface area contributed by atoms with Crippen LogP contribution in [0.4, 0.5) is 11.6 Å². The van der Waals surface area contributed by atoms with E-state index in [-0.39, 0.29) is 0 Å². The number of nitriles is 1. The first-order chi connectivity index (χ1) is 14.2. The fourth-order valence-corrected chi connectivity index (χ4v) is 2.81. The van der Waals surface area contributed by atoms with E-state index >= 15 is 0 Å². The van der Waals surface area contributed by atoms with E-state index in [1.54, 1.807) is 37.6 Å². The number of aromatic nitrogens is 3. The van der Waals surface area contributed by atoms with Gasteiger partial charge in [-0.3, -0.25) is 4.98 Å². The average Bonchev–Trinajstić information content (AvgIpc) is 2.76. The number of ether oxygens (including phenoxy) is 2. The van der Waals surface area contributed by atoms with Gasteiger partial charge in [0.1, 0.15) is 5.75 Å². The summed E-state index contributed by atoms with van der Waals surface area (Å²) in [7, 11) is 1.55. The molecule has 0 aliphatic carbocycles. The van der Waals surface area contributed by atoms with Crippen molar-refractivity contribution in [1.29, 1.82) is 5.26 Å². The maximum absolute atomic E-state index is 8.93. The fourth-order valence-electron chi connectivity index (χ4n) is 2.81. The van der Waals surface area contributed by atoms with E-state index in [4.69, 9.17) is 14.7 Å². The van der Waals surface area contributed by atoms with Gasteiger partial charge >= 0.3 is 0 Å². The normalized spacial score (nSPS) is 10.4. The number of rotatable bonds is 5. The molecular formula is C22H17N5O2. The second-order valence-corrected chi connectivity index (χ2v) is 6.26. The van der Waals surface area contributed by atoms with Crippen molar-refractivity contribution >= 4 is 22.5 Å². The summed E-state index contributed by atoms with van der Waals surface area (Å²) in [6.45, 7) is 1.83. The highest BCUT2D eigenvalue weighted by Crippen LogP contribution is 2.31. The lowest BCUT2D eigenvalue weighted by molar-refractivity contribution is 0.384. The number of pyridine rings is 1. The number of methoxy groups -OCH3 is 1. The molecule has 0 amide bonds. The van der Waals surface area contributed by atoms with Gasteiger partial charge in [0.2, 0.25) is 17.7 Å². The molecule has 0 saturated heterocycles. The quantitative estimate of drug-likeness (QED) is 0.531. The van der Waals surface area contributed by atoms with Crippen molar-refractivity contribution in [1.82, 2.24) is 15.0 Å². The van der Waals surface area contributed by atoms with Gasteiger partial charge in [-0.05, 0) is 49.4 Å². The molecule has 2 aromatic carbocycles. The molecule has 0 unspecified atom stereocenters. The zero-order valence-electron chi connectivity index (χ0n) is 15.9. The molecule has 2 aromatic heterocycles. The van der Waals surface area contributed by atoms with Gasteiger partial charge in [0.25, 0.3) is 0 Å². The van der Waals surface area contributed by atoms with E-state index < -0.39 is 0 Å². The van der Waals surface area contributed by atoms with Gasteiger partial charge in [-0.15, -0.1) is 0 Å². The van der Waals surface area contributed by atoms with Crippen molar-refractivity contribution in [2.75, 3.05) is 12.4 Å². The molecule has 7 heteroatoms. The zero-order valence-corrected chi connectivity index (χ0v) is 15.9. The molecule has 0 aliphatic heterocycles. The predicted molar refractivity (Wildman–Crippen MR) is 110 cm³/mol.